The number of carbonyl (C=O) groups excluding carboxylic acids is 3. The Bertz CT molecular complexity index is 1390. The number of aromatic nitrogens is 3. The van der Waals surface area contributed by atoms with Crippen molar-refractivity contribution in [2.24, 2.45) is 5.73 Å². The van der Waals surface area contributed by atoms with Gasteiger partial charge < -0.3 is 26.5 Å². The molecule has 0 spiro atoms. The minimum Gasteiger partial charge on any atom is -0.497 e. The van der Waals surface area contributed by atoms with Crippen LogP contribution in [-0.4, -0.2) is 50.9 Å². The number of nitrogens with one attached hydrogen (secondary N) is 1. The Morgan fingerprint density at radius 2 is 1.94 bits per heavy atom. The van der Waals surface area contributed by atoms with Gasteiger partial charge in [0, 0.05) is 29.9 Å². The standard InChI is InChI=1S/C25H25N7O4/c1-3-5-20(33)31-13-4-6-18(31)24-30-21(22(23(26)34)32(24)27)15-7-9-16(10-8-15)25(35)29-19-14-17(36-2)11-12-28-19/h7-12,14,18H,4,6,13,27H2,1-2H3,(H2,26,34)(H,28,29,35). The maximum absolute atomic E-state index is 12.7. The largest absolute Gasteiger partial charge is 0.497 e. The van der Waals surface area contributed by atoms with Crippen LogP contribution in [0, 0.1) is 11.8 Å². The summed E-state index contributed by atoms with van der Waals surface area (Å²) in [6.45, 7) is 2.10. The van der Waals surface area contributed by atoms with Gasteiger partial charge in [-0.25, -0.2) is 14.6 Å². The Labute approximate surface area is 207 Å². The molecule has 1 atom stereocenters. The lowest BCUT2D eigenvalue weighted by atomic mass is 10.1. The highest BCUT2D eigenvalue weighted by atomic mass is 16.5. The lowest BCUT2D eigenvalue weighted by Crippen LogP contribution is -2.33. The Kier molecular flexibility index (Phi) is 6.87. The molecule has 0 saturated carbocycles. The van der Waals surface area contributed by atoms with Crippen molar-refractivity contribution in [3.8, 4) is 28.8 Å². The molecule has 4 rings (SSSR count). The van der Waals surface area contributed by atoms with Crippen molar-refractivity contribution in [2.45, 2.75) is 25.8 Å². The number of amides is 3. The molecule has 1 aliphatic heterocycles. The second-order valence-electron chi connectivity index (χ2n) is 8.05. The molecule has 1 saturated heterocycles. The number of hydrogen-bond acceptors (Lipinski definition) is 7. The molecule has 0 bridgehead atoms. The van der Waals surface area contributed by atoms with Crippen molar-refractivity contribution in [2.75, 3.05) is 24.8 Å². The van der Waals surface area contributed by atoms with E-state index in [1.807, 2.05) is 0 Å². The number of carbonyl (C=O) groups is 3. The summed E-state index contributed by atoms with van der Waals surface area (Å²) in [5.74, 6) is 11.2. The topological polar surface area (TPSA) is 158 Å². The molecular formula is C25H25N7O4. The molecule has 1 aliphatic rings. The van der Waals surface area contributed by atoms with Gasteiger partial charge in [-0.3, -0.25) is 14.4 Å². The van der Waals surface area contributed by atoms with Crippen molar-refractivity contribution in [3.63, 3.8) is 0 Å². The van der Waals surface area contributed by atoms with E-state index in [1.165, 1.54) is 13.3 Å². The fourth-order valence-corrected chi connectivity index (χ4v) is 4.15. The van der Waals surface area contributed by atoms with Crippen LogP contribution in [0.2, 0.25) is 0 Å². The van der Waals surface area contributed by atoms with Crippen LogP contribution in [0.1, 0.15) is 52.5 Å². The number of ether oxygens (including phenoxy) is 1. The number of methoxy groups -OCH3 is 1. The van der Waals surface area contributed by atoms with E-state index < -0.39 is 11.9 Å². The minimum atomic E-state index is -0.763. The van der Waals surface area contributed by atoms with E-state index in [9.17, 15) is 14.4 Å². The number of imidazole rings is 1. The summed E-state index contributed by atoms with van der Waals surface area (Å²) in [6.07, 6.45) is 2.90. The van der Waals surface area contributed by atoms with Crippen LogP contribution in [0.4, 0.5) is 5.82 Å². The number of anilines is 1. The van der Waals surface area contributed by atoms with E-state index in [1.54, 1.807) is 48.2 Å². The molecule has 3 heterocycles. The zero-order valence-corrected chi connectivity index (χ0v) is 19.8. The fourth-order valence-electron chi connectivity index (χ4n) is 4.15. The maximum atomic E-state index is 12.7. The summed E-state index contributed by atoms with van der Waals surface area (Å²) in [5, 5.41) is 2.71. The molecule has 3 amide bonds. The van der Waals surface area contributed by atoms with Crippen LogP contribution in [0.25, 0.3) is 11.3 Å². The first-order chi connectivity index (χ1) is 17.3. The first-order valence-corrected chi connectivity index (χ1v) is 11.2. The molecule has 36 heavy (non-hydrogen) atoms. The Hall–Kier alpha value is -4.85. The second kappa shape index (κ2) is 10.2. The predicted molar refractivity (Wildman–Crippen MR) is 132 cm³/mol. The van der Waals surface area contributed by atoms with Crippen molar-refractivity contribution >= 4 is 23.5 Å². The summed E-state index contributed by atoms with van der Waals surface area (Å²) < 4.78 is 6.28. The van der Waals surface area contributed by atoms with E-state index >= 15 is 0 Å². The van der Waals surface area contributed by atoms with Gasteiger partial charge in [0.15, 0.2) is 11.5 Å². The van der Waals surface area contributed by atoms with Crippen molar-refractivity contribution < 1.29 is 19.1 Å². The Morgan fingerprint density at radius 1 is 1.19 bits per heavy atom. The molecule has 0 aliphatic carbocycles. The number of pyridine rings is 1. The van der Waals surface area contributed by atoms with Crippen LogP contribution in [0.15, 0.2) is 42.6 Å². The lowest BCUT2D eigenvalue weighted by molar-refractivity contribution is -0.126. The number of hydrogen-bond donors (Lipinski definition) is 3. The van der Waals surface area contributed by atoms with Gasteiger partial charge in [0.25, 0.3) is 17.7 Å². The number of nitrogens with two attached hydrogens (primary N) is 2. The third-order valence-electron chi connectivity index (χ3n) is 5.84. The van der Waals surface area contributed by atoms with Gasteiger partial charge in [-0.05, 0) is 43.9 Å². The van der Waals surface area contributed by atoms with E-state index in [0.717, 1.165) is 11.1 Å². The first-order valence-electron chi connectivity index (χ1n) is 11.2. The smallest absolute Gasteiger partial charge is 0.299 e. The number of primary amides is 1. The fraction of sp³-hybridized carbons (Fsp3) is 0.240. The molecule has 0 radical (unpaired) electrons. The molecule has 2 aromatic heterocycles. The summed E-state index contributed by atoms with van der Waals surface area (Å²) >= 11 is 0. The Morgan fingerprint density at radius 3 is 2.61 bits per heavy atom. The van der Waals surface area contributed by atoms with E-state index in [-0.39, 0.29) is 23.2 Å². The van der Waals surface area contributed by atoms with Gasteiger partial charge in [0.05, 0.1) is 13.2 Å². The van der Waals surface area contributed by atoms with Crippen molar-refractivity contribution in [3.05, 3.63) is 59.7 Å². The van der Waals surface area contributed by atoms with Gasteiger partial charge >= 0.3 is 0 Å². The highest BCUT2D eigenvalue weighted by Gasteiger charge is 2.35. The zero-order chi connectivity index (χ0) is 25.8. The average Bonchev–Trinajstić information content (AvgIpc) is 3.49. The van der Waals surface area contributed by atoms with Crippen molar-refractivity contribution in [1.29, 1.82) is 0 Å². The quantitative estimate of drug-likeness (QED) is 0.353. The number of nitrogen functional groups attached to an aromatic ring is 1. The van der Waals surface area contributed by atoms with Gasteiger partial charge in [-0.2, -0.15) is 0 Å². The average molecular weight is 488 g/mol. The number of benzene rings is 1. The van der Waals surface area contributed by atoms with Gasteiger partial charge in [-0.1, -0.05) is 18.1 Å². The van der Waals surface area contributed by atoms with Crippen molar-refractivity contribution in [1.82, 2.24) is 19.5 Å². The first kappa shape index (κ1) is 24.3. The summed E-state index contributed by atoms with van der Waals surface area (Å²) in [5.41, 5.74) is 6.80. The van der Waals surface area contributed by atoms with E-state index in [2.05, 4.69) is 27.1 Å². The van der Waals surface area contributed by atoms with Gasteiger partial charge in [0.2, 0.25) is 0 Å². The molecule has 1 aromatic carbocycles. The third kappa shape index (κ3) is 4.69. The predicted octanol–water partition coefficient (Wildman–Crippen LogP) is 1.71. The zero-order valence-electron chi connectivity index (χ0n) is 19.8. The highest BCUT2D eigenvalue weighted by molar-refractivity contribution is 6.04. The molecule has 5 N–H and O–H groups in total. The second-order valence-corrected chi connectivity index (χ2v) is 8.05. The van der Waals surface area contributed by atoms with Crippen LogP contribution in [0.3, 0.4) is 0 Å². The maximum Gasteiger partial charge on any atom is 0.299 e. The number of likely N-dealkylation sites (tertiary alicyclic amines) is 1. The normalized spacial score (nSPS) is 14.6. The summed E-state index contributed by atoms with van der Waals surface area (Å²) in [4.78, 5) is 47.7. The van der Waals surface area contributed by atoms with Gasteiger partial charge in [0.1, 0.15) is 17.3 Å². The van der Waals surface area contributed by atoms with Crippen LogP contribution >= 0.6 is 0 Å². The SMILES string of the molecule is CC#CC(=O)N1CCCC1c1nc(-c2ccc(C(=O)Nc3cc(OC)ccn3)cc2)c(C(N)=O)n1N. The third-order valence-corrected chi connectivity index (χ3v) is 5.84. The molecule has 1 fully saturated rings. The van der Waals surface area contributed by atoms with E-state index in [4.69, 9.17) is 16.3 Å². The molecule has 1 unspecified atom stereocenters. The molecule has 184 valence electrons. The minimum absolute atomic E-state index is 0.00339. The van der Waals surface area contributed by atoms with E-state index in [0.29, 0.717) is 41.5 Å². The number of nitrogens with zero attached hydrogens (tertiary/aromatic N) is 4. The monoisotopic (exact) mass is 487 g/mol. The molecule has 11 nitrogen and oxygen atoms in total. The molecule has 11 heteroatoms. The van der Waals surface area contributed by atoms with Gasteiger partial charge in [-0.15, -0.1) is 0 Å². The van der Waals surface area contributed by atoms with Crippen LogP contribution in [-0.2, 0) is 4.79 Å². The van der Waals surface area contributed by atoms with Crippen LogP contribution in [0.5, 0.6) is 5.75 Å². The Balaban J connectivity index is 1.63. The summed E-state index contributed by atoms with van der Waals surface area (Å²) in [6, 6.07) is 9.31. The number of rotatable bonds is 6. The molecule has 3 aromatic rings. The highest BCUT2D eigenvalue weighted by Crippen LogP contribution is 2.34. The molecular weight excluding hydrogens is 462 g/mol. The summed E-state index contributed by atoms with van der Waals surface area (Å²) in [7, 11) is 1.52. The van der Waals surface area contributed by atoms with Crippen LogP contribution < -0.4 is 21.6 Å². The lowest BCUT2D eigenvalue weighted by Gasteiger charge is -2.21.